The molecule has 0 radical (unpaired) electrons. The van der Waals surface area contributed by atoms with Crippen LogP contribution in [0.3, 0.4) is 0 Å². The van der Waals surface area contributed by atoms with Crippen molar-refractivity contribution in [2.24, 2.45) is 5.92 Å². The summed E-state index contributed by atoms with van der Waals surface area (Å²) in [5.41, 5.74) is 0.492. The summed E-state index contributed by atoms with van der Waals surface area (Å²) in [5.74, 6) is -1.33. The van der Waals surface area contributed by atoms with E-state index in [1.165, 1.54) is 0 Å². The Kier molecular flexibility index (Phi) is 2.04. The molecule has 2 aliphatic heterocycles. The highest BCUT2D eigenvalue weighted by Gasteiger charge is 2.59. The van der Waals surface area contributed by atoms with Crippen molar-refractivity contribution < 1.29 is 10.2 Å². The van der Waals surface area contributed by atoms with Crippen LogP contribution in [-0.4, -0.2) is 33.1 Å². The molecule has 0 aromatic carbocycles. The summed E-state index contributed by atoms with van der Waals surface area (Å²) >= 11 is 0. The minimum atomic E-state index is -1.76. The van der Waals surface area contributed by atoms with E-state index in [9.17, 15) is 10.2 Å². The van der Waals surface area contributed by atoms with Crippen LogP contribution < -0.4 is 0 Å². The van der Waals surface area contributed by atoms with Crippen LogP contribution in [0.4, 0.5) is 0 Å². The Hall–Kier alpha value is -0.380. The molecule has 3 nitrogen and oxygen atoms in total. The van der Waals surface area contributed by atoms with Gasteiger partial charge in [-0.2, -0.15) is 0 Å². The largest absolute Gasteiger partial charge is 0.350 e. The standard InChI is InChI=1S/C11H19NO2/c1-8(2)10-5-4-6-12(10)11(13,14)9(3)7-10/h8,13-14H,3-7H2,1-2H3. The van der Waals surface area contributed by atoms with Crippen LogP contribution in [0, 0.1) is 5.92 Å². The molecule has 0 saturated carbocycles. The number of rotatable bonds is 1. The number of fused-ring (bicyclic) bond motifs is 1. The average molecular weight is 197 g/mol. The molecule has 2 rings (SSSR count). The maximum absolute atomic E-state index is 9.93. The molecule has 3 heteroatoms. The van der Waals surface area contributed by atoms with Gasteiger partial charge >= 0.3 is 0 Å². The fourth-order valence-corrected chi connectivity index (χ4v) is 3.03. The van der Waals surface area contributed by atoms with Gasteiger partial charge in [0.15, 0.2) is 0 Å². The smallest absolute Gasteiger partial charge is 0.249 e. The highest BCUT2D eigenvalue weighted by Crippen LogP contribution is 2.51. The van der Waals surface area contributed by atoms with Gasteiger partial charge in [-0.25, -0.2) is 4.90 Å². The van der Waals surface area contributed by atoms with Crippen LogP contribution in [-0.2, 0) is 0 Å². The zero-order valence-electron chi connectivity index (χ0n) is 8.95. The van der Waals surface area contributed by atoms with E-state index in [0.29, 0.717) is 11.5 Å². The normalized spacial score (nSPS) is 36.8. The Bertz CT molecular complexity index is 272. The first kappa shape index (κ1) is 10.1. The van der Waals surface area contributed by atoms with Gasteiger partial charge in [0.05, 0.1) is 0 Å². The summed E-state index contributed by atoms with van der Waals surface area (Å²) in [6.45, 7) is 8.83. The third-order valence-corrected chi connectivity index (χ3v) is 3.97. The van der Waals surface area contributed by atoms with Crippen molar-refractivity contribution in [3.8, 4) is 0 Å². The predicted octanol–water partition coefficient (Wildman–Crippen LogP) is 1.08. The average Bonchev–Trinajstić information content (AvgIpc) is 2.55. The minimum Gasteiger partial charge on any atom is -0.350 e. The third-order valence-electron chi connectivity index (χ3n) is 3.97. The van der Waals surface area contributed by atoms with Gasteiger partial charge in [-0.1, -0.05) is 20.4 Å². The molecule has 2 heterocycles. The second kappa shape index (κ2) is 2.81. The van der Waals surface area contributed by atoms with E-state index >= 15 is 0 Å². The third kappa shape index (κ3) is 1.03. The molecule has 0 bridgehead atoms. The first-order chi connectivity index (χ1) is 6.41. The van der Waals surface area contributed by atoms with E-state index in [0.717, 1.165) is 25.8 Å². The van der Waals surface area contributed by atoms with Gasteiger partial charge in [0.25, 0.3) is 0 Å². The molecular formula is C11H19NO2. The molecule has 80 valence electrons. The van der Waals surface area contributed by atoms with E-state index in [1.807, 2.05) is 4.90 Å². The fraction of sp³-hybridized carbons (Fsp3) is 0.818. The van der Waals surface area contributed by atoms with Crippen LogP contribution in [0.2, 0.25) is 0 Å². The van der Waals surface area contributed by atoms with Crippen molar-refractivity contribution in [2.75, 3.05) is 6.54 Å². The van der Waals surface area contributed by atoms with Gasteiger partial charge < -0.3 is 10.2 Å². The summed E-state index contributed by atoms with van der Waals surface area (Å²) in [5, 5.41) is 19.9. The van der Waals surface area contributed by atoms with Crippen LogP contribution in [0.5, 0.6) is 0 Å². The highest BCUT2D eigenvalue weighted by atomic mass is 16.5. The van der Waals surface area contributed by atoms with Crippen LogP contribution in [0.15, 0.2) is 12.2 Å². The van der Waals surface area contributed by atoms with Crippen LogP contribution in [0.1, 0.15) is 33.1 Å². The molecule has 2 fully saturated rings. The Labute approximate surface area is 85.0 Å². The van der Waals surface area contributed by atoms with Gasteiger partial charge in [0, 0.05) is 12.1 Å². The lowest BCUT2D eigenvalue weighted by Gasteiger charge is -2.39. The molecule has 0 aromatic heterocycles. The van der Waals surface area contributed by atoms with Gasteiger partial charge in [0.2, 0.25) is 5.91 Å². The predicted molar refractivity (Wildman–Crippen MR) is 54.4 cm³/mol. The van der Waals surface area contributed by atoms with Crippen molar-refractivity contribution in [2.45, 2.75) is 44.6 Å². The number of hydrogen-bond donors (Lipinski definition) is 2. The molecule has 0 aliphatic carbocycles. The number of aliphatic hydroxyl groups is 2. The van der Waals surface area contributed by atoms with E-state index in [1.54, 1.807) is 0 Å². The van der Waals surface area contributed by atoms with Crippen molar-refractivity contribution in [1.29, 1.82) is 0 Å². The maximum Gasteiger partial charge on any atom is 0.249 e. The molecule has 2 aliphatic rings. The van der Waals surface area contributed by atoms with E-state index in [-0.39, 0.29) is 5.54 Å². The first-order valence-corrected chi connectivity index (χ1v) is 5.32. The molecule has 2 saturated heterocycles. The Morgan fingerprint density at radius 2 is 2.07 bits per heavy atom. The molecule has 0 aromatic rings. The van der Waals surface area contributed by atoms with Crippen molar-refractivity contribution in [3.63, 3.8) is 0 Å². The summed E-state index contributed by atoms with van der Waals surface area (Å²) in [6, 6.07) is 0. The van der Waals surface area contributed by atoms with E-state index in [4.69, 9.17) is 0 Å². The minimum absolute atomic E-state index is 0.0550. The van der Waals surface area contributed by atoms with E-state index < -0.39 is 5.91 Å². The van der Waals surface area contributed by atoms with Crippen molar-refractivity contribution in [1.82, 2.24) is 4.90 Å². The second-order valence-electron chi connectivity index (χ2n) is 4.93. The monoisotopic (exact) mass is 197 g/mol. The number of hydrogen-bond acceptors (Lipinski definition) is 3. The summed E-state index contributed by atoms with van der Waals surface area (Å²) < 4.78 is 0. The van der Waals surface area contributed by atoms with Crippen molar-refractivity contribution in [3.05, 3.63) is 12.2 Å². The Balaban J connectivity index is 2.40. The molecule has 2 N–H and O–H groups in total. The molecule has 1 unspecified atom stereocenters. The Morgan fingerprint density at radius 3 is 2.57 bits per heavy atom. The lowest BCUT2D eigenvalue weighted by molar-refractivity contribution is -0.235. The molecule has 0 spiro atoms. The Morgan fingerprint density at radius 1 is 1.43 bits per heavy atom. The summed E-state index contributed by atoms with van der Waals surface area (Å²) in [6.07, 6.45) is 2.82. The summed E-state index contributed by atoms with van der Waals surface area (Å²) in [7, 11) is 0. The lowest BCUT2D eigenvalue weighted by Crippen LogP contribution is -2.53. The van der Waals surface area contributed by atoms with Gasteiger partial charge in [-0.3, -0.25) is 0 Å². The lowest BCUT2D eigenvalue weighted by atomic mass is 9.82. The second-order valence-corrected chi connectivity index (χ2v) is 4.93. The molecule has 1 atom stereocenters. The van der Waals surface area contributed by atoms with Gasteiger partial charge in [-0.15, -0.1) is 0 Å². The summed E-state index contributed by atoms with van der Waals surface area (Å²) in [4.78, 5) is 1.83. The van der Waals surface area contributed by atoms with Crippen LogP contribution >= 0.6 is 0 Å². The first-order valence-electron chi connectivity index (χ1n) is 5.32. The maximum atomic E-state index is 9.93. The zero-order valence-corrected chi connectivity index (χ0v) is 8.95. The molecule has 0 amide bonds. The quantitative estimate of drug-likeness (QED) is 0.488. The SMILES string of the molecule is C=C1CC2(C(C)C)CCCN2C1(O)O. The highest BCUT2D eigenvalue weighted by molar-refractivity contribution is 5.24. The number of nitrogens with zero attached hydrogens (tertiary/aromatic N) is 1. The zero-order chi connectivity index (χ0) is 10.6. The molecular weight excluding hydrogens is 178 g/mol. The van der Waals surface area contributed by atoms with E-state index in [2.05, 4.69) is 20.4 Å². The van der Waals surface area contributed by atoms with Crippen molar-refractivity contribution >= 4 is 0 Å². The van der Waals surface area contributed by atoms with Crippen LogP contribution in [0.25, 0.3) is 0 Å². The topological polar surface area (TPSA) is 43.7 Å². The fourth-order valence-electron chi connectivity index (χ4n) is 3.03. The molecule has 14 heavy (non-hydrogen) atoms. The van der Waals surface area contributed by atoms with Gasteiger partial charge in [0.1, 0.15) is 0 Å². The van der Waals surface area contributed by atoms with Gasteiger partial charge in [-0.05, 0) is 30.8 Å².